The fraction of sp³-hybridized carbons (Fsp3) is 0.320. The maximum Gasteiger partial charge on any atom is 0.266 e. The molecule has 0 spiro atoms. The molecule has 162 valence electrons. The van der Waals surface area contributed by atoms with Gasteiger partial charge in [0.15, 0.2) is 0 Å². The fourth-order valence-corrected chi connectivity index (χ4v) is 4.58. The van der Waals surface area contributed by atoms with Gasteiger partial charge in [0.2, 0.25) is 5.91 Å². The molecule has 1 aliphatic rings. The van der Waals surface area contributed by atoms with Gasteiger partial charge in [-0.2, -0.15) is 0 Å². The molecule has 0 atom stereocenters. The van der Waals surface area contributed by atoms with Gasteiger partial charge >= 0.3 is 0 Å². The van der Waals surface area contributed by atoms with E-state index >= 15 is 0 Å². The quantitative estimate of drug-likeness (QED) is 0.437. The molecule has 0 radical (unpaired) electrons. The Hall–Kier alpha value is -2.44. The van der Waals surface area contributed by atoms with E-state index in [9.17, 15) is 9.59 Å². The number of aryl methyl sites for hydroxylation is 1. The van der Waals surface area contributed by atoms with Crippen LogP contribution >= 0.6 is 24.0 Å². The predicted molar refractivity (Wildman–Crippen MR) is 134 cm³/mol. The molecular formula is C25H28N2O2S2. The van der Waals surface area contributed by atoms with Crippen LogP contribution in [0.15, 0.2) is 53.4 Å². The van der Waals surface area contributed by atoms with Gasteiger partial charge in [-0.1, -0.05) is 81.1 Å². The van der Waals surface area contributed by atoms with Crippen LogP contribution in [0.4, 0.5) is 5.69 Å². The maximum absolute atomic E-state index is 12.8. The van der Waals surface area contributed by atoms with E-state index in [2.05, 4.69) is 38.2 Å². The van der Waals surface area contributed by atoms with Crippen LogP contribution in [0.1, 0.15) is 50.3 Å². The Bertz CT molecular complexity index is 1020. The average Bonchev–Trinajstić information content (AvgIpc) is 2.95. The van der Waals surface area contributed by atoms with Gasteiger partial charge in [-0.15, -0.1) is 0 Å². The second-order valence-corrected chi connectivity index (χ2v) is 10.4. The number of nitrogens with zero attached hydrogens (tertiary/aromatic N) is 1. The maximum atomic E-state index is 12.8. The molecule has 1 N–H and O–H groups in total. The van der Waals surface area contributed by atoms with E-state index in [0.717, 1.165) is 16.8 Å². The van der Waals surface area contributed by atoms with Crippen LogP contribution < -0.4 is 5.32 Å². The fourth-order valence-electron chi connectivity index (χ4n) is 3.27. The minimum absolute atomic E-state index is 0.0643. The first kappa shape index (κ1) is 23.2. The van der Waals surface area contributed by atoms with Crippen LogP contribution in [0.3, 0.4) is 0 Å². The summed E-state index contributed by atoms with van der Waals surface area (Å²) in [6.07, 6.45) is 2.77. The summed E-state index contributed by atoms with van der Waals surface area (Å²) in [4.78, 5) is 27.2. The number of hydrogen-bond donors (Lipinski definition) is 1. The molecule has 2 amide bonds. The zero-order chi connectivity index (χ0) is 22.6. The smallest absolute Gasteiger partial charge is 0.266 e. The Balaban J connectivity index is 1.55. The lowest BCUT2D eigenvalue weighted by Crippen LogP contribution is -2.29. The van der Waals surface area contributed by atoms with Crippen molar-refractivity contribution in [3.05, 3.63) is 70.1 Å². The van der Waals surface area contributed by atoms with Gasteiger partial charge < -0.3 is 5.32 Å². The average molecular weight is 453 g/mol. The van der Waals surface area contributed by atoms with Crippen molar-refractivity contribution in [1.29, 1.82) is 0 Å². The first-order valence-electron chi connectivity index (χ1n) is 10.4. The molecule has 2 aromatic rings. The molecule has 0 saturated carbocycles. The lowest BCUT2D eigenvalue weighted by Gasteiger charge is -2.18. The second kappa shape index (κ2) is 9.79. The van der Waals surface area contributed by atoms with E-state index in [1.807, 2.05) is 49.4 Å². The normalized spacial score (nSPS) is 15.6. The highest BCUT2D eigenvalue weighted by molar-refractivity contribution is 8.26. The Morgan fingerprint density at radius 3 is 2.52 bits per heavy atom. The molecule has 0 aliphatic carbocycles. The SMILES string of the molecule is Cc1cccc(NC(=O)CCCN2C(=O)/C(=C/c3ccc(C(C)(C)C)cc3)SC2=S)c1. The number of rotatable bonds is 6. The lowest BCUT2D eigenvalue weighted by molar-refractivity contribution is -0.122. The van der Waals surface area contributed by atoms with Crippen molar-refractivity contribution in [1.82, 2.24) is 4.90 Å². The van der Waals surface area contributed by atoms with Crippen molar-refractivity contribution in [3.8, 4) is 0 Å². The Morgan fingerprint density at radius 1 is 1.16 bits per heavy atom. The van der Waals surface area contributed by atoms with Crippen LogP contribution in [0, 0.1) is 6.92 Å². The van der Waals surface area contributed by atoms with Crippen molar-refractivity contribution in [2.45, 2.75) is 46.0 Å². The number of amides is 2. The Morgan fingerprint density at radius 2 is 1.87 bits per heavy atom. The Labute approximate surface area is 194 Å². The number of hydrogen-bond acceptors (Lipinski definition) is 4. The third-order valence-corrected chi connectivity index (χ3v) is 6.41. The zero-order valence-corrected chi connectivity index (χ0v) is 20.0. The van der Waals surface area contributed by atoms with Crippen molar-refractivity contribution in [3.63, 3.8) is 0 Å². The Kier molecular flexibility index (Phi) is 7.34. The first-order valence-corrected chi connectivity index (χ1v) is 11.6. The standard InChI is InChI=1S/C25H28N2O2S2/c1-17-7-5-8-20(15-17)26-22(28)9-6-14-27-23(29)21(31-24(27)30)16-18-10-12-19(13-11-18)25(2,3)4/h5,7-8,10-13,15-16H,6,9,14H2,1-4H3,(H,26,28)/b21-16-. The van der Waals surface area contributed by atoms with E-state index < -0.39 is 0 Å². The molecule has 0 bridgehead atoms. The number of benzene rings is 2. The summed E-state index contributed by atoms with van der Waals surface area (Å²) in [5.41, 5.74) is 4.20. The van der Waals surface area contributed by atoms with Gasteiger partial charge in [0.25, 0.3) is 5.91 Å². The summed E-state index contributed by atoms with van der Waals surface area (Å²) in [5.74, 6) is -0.153. The zero-order valence-electron chi connectivity index (χ0n) is 18.4. The molecule has 3 rings (SSSR count). The molecule has 1 saturated heterocycles. The molecule has 31 heavy (non-hydrogen) atoms. The predicted octanol–water partition coefficient (Wildman–Crippen LogP) is 5.91. The highest BCUT2D eigenvalue weighted by Gasteiger charge is 2.31. The summed E-state index contributed by atoms with van der Waals surface area (Å²) in [6.45, 7) is 8.94. The lowest BCUT2D eigenvalue weighted by atomic mass is 9.87. The molecule has 1 heterocycles. The second-order valence-electron chi connectivity index (χ2n) is 8.73. The number of carbonyl (C=O) groups is 2. The van der Waals surface area contributed by atoms with E-state index in [1.54, 1.807) is 4.90 Å². The van der Waals surface area contributed by atoms with Gasteiger partial charge in [0.1, 0.15) is 4.32 Å². The summed E-state index contributed by atoms with van der Waals surface area (Å²) < 4.78 is 0.543. The van der Waals surface area contributed by atoms with Crippen LogP contribution in [0.5, 0.6) is 0 Å². The van der Waals surface area contributed by atoms with Crippen LogP contribution in [-0.4, -0.2) is 27.6 Å². The van der Waals surface area contributed by atoms with Crippen molar-refractivity contribution in [2.75, 3.05) is 11.9 Å². The molecule has 4 nitrogen and oxygen atoms in total. The van der Waals surface area contributed by atoms with Gasteiger partial charge in [-0.25, -0.2) is 0 Å². The third kappa shape index (κ3) is 6.28. The van der Waals surface area contributed by atoms with Gasteiger partial charge in [-0.3, -0.25) is 14.5 Å². The number of thiocarbonyl (C=S) groups is 1. The van der Waals surface area contributed by atoms with Crippen LogP contribution in [0.2, 0.25) is 0 Å². The molecule has 0 aromatic heterocycles. The monoisotopic (exact) mass is 452 g/mol. The highest BCUT2D eigenvalue weighted by atomic mass is 32.2. The van der Waals surface area contributed by atoms with E-state index in [4.69, 9.17) is 12.2 Å². The summed E-state index contributed by atoms with van der Waals surface area (Å²) in [7, 11) is 0. The van der Waals surface area contributed by atoms with Gasteiger partial charge in [0, 0.05) is 18.7 Å². The molecule has 6 heteroatoms. The van der Waals surface area contributed by atoms with Crippen LogP contribution in [-0.2, 0) is 15.0 Å². The topological polar surface area (TPSA) is 49.4 Å². The molecule has 2 aromatic carbocycles. The van der Waals surface area contributed by atoms with E-state index in [1.165, 1.54) is 17.3 Å². The summed E-state index contributed by atoms with van der Waals surface area (Å²) in [5, 5.41) is 2.90. The third-order valence-electron chi connectivity index (χ3n) is 5.04. The number of nitrogens with one attached hydrogen (secondary N) is 1. The van der Waals surface area contributed by atoms with Crippen molar-refractivity contribution in [2.24, 2.45) is 0 Å². The highest BCUT2D eigenvalue weighted by Crippen LogP contribution is 2.33. The van der Waals surface area contributed by atoms with Crippen molar-refractivity contribution < 1.29 is 9.59 Å². The molecule has 1 aliphatic heterocycles. The minimum Gasteiger partial charge on any atom is -0.326 e. The molecule has 1 fully saturated rings. The minimum atomic E-state index is -0.0889. The van der Waals surface area contributed by atoms with Crippen molar-refractivity contribution >= 4 is 51.9 Å². The van der Waals surface area contributed by atoms with Gasteiger partial charge in [0.05, 0.1) is 4.91 Å². The molecular weight excluding hydrogens is 424 g/mol. The summed E-state index contributed by atoms with van der Waals surface area (Å²) in [6, 6.07) is 15.9. The van der Waals surface area contributed by atoms with Crippen LogP contribution in [0.25, 0.3) is 6.08 Å². The van der Waals surface area contributed by atoms with E-state index in [0.29, 0.717) is 28.6 Å². The molecule has 0 unspecified atom stereocenters. The summed E-state index contributed by atoms with van der Waals surface area (Å²) >= 11 is 6.72. The van der Waals surface area contributed by atoms with E-state index in [-0.39, 0.29) is 17.2 Å². The number of anilines is 1. The first-order chi connectivity index (χ1) is 14.6. The van der Waals surface area contributed by atoms with Gasteiger partial charge in [-0.05, 0) is 53.7 Å². The largest absolute Gasteiger partial charge is 0.326 e. The number of thioether (sulfide) groups is 1. The number of carbonyl (C=O) groups excluding carboxylic acids is 2.